The van der Waals surface area contributed by atoms with Crippen molar-refractivity contribution in [1.29, 1.82) is 0 Å². The molecule has 4 N–H and O–H groups in total. The highest BCUT2D eigenvalue weighted by Crippen LogP contribution is 2.25. The van der Waals surface area contributed by atoms with Gasteiger partial charge in [0.25, 0.3) is 11.8 Å². The van der Waals surface area contributed by atoms with E-state index in [1.54, 1.807) is 12.1 Å². The number of hydrogen-bond acceptors (Lipinski definition) is 6. The van der Waals surface area contributed by atoms with Crippen LogP contribution >= 0.6 is 0 Å². The van der Waals surface area contributed by atoms with Gasteiger partial charge in [0.15, 0.2) is 13.2 Å². The van der Waals surface area contributed by atoms with Gasteiger partial charge >= 0.3 is 0 Å². The van der Waals surface area contributed by atoms with E-state index in [-0.39, 0.29) is 32.5 Å². The average molecular weight is 529 g/mol. The van der Waals surface area contributed by atoms with Crippen molar-refractivity contribution in [3.63, 3.8) is 0 Å². The maximum absolute atomic E-state index is 12.0. The highest BCUT2D eigenvalue weighted by molar-refractivity contribution is 5.90. The van der Waals surface area contributed by atoms with E-state index in [4.69, 9.17) is 9.47 Å². The lowest BCUT2D eigenvalue weighted by Crippen LogP contribution is -2.44. The zero-order valence-electron chi connectivity index (χ0n) is 21.1. The van der Waals surface area contributed by atoms with E-state index in [9.17, 15) is 19.2 Å². The van der Waals surface area contributed by atoms with Crippen molar-refractivity contribution in [2.45, 2.75) is 19.3 Å². The first-order chi connectivity index (χ1) is 19.0. The normalized spacial score (nSPS) is 10.5. The van der Waals surface area contributed by atoms with Gasteiger partial charge in [-0.1, -0.05) is 72.8 Å². The van der Waals surface area contributed by atoms with Crippen LogP contribution in [0.4, 0.5) is 0 Å². The molecular formula is C29H28N4O6. The van der Waals surface area contributed by atoms with Crippen LogP contribution in [0.25, 0.3) is 21.5 Å². The lowest BCUT2D eigenvalue weighted by Gasteiger charge is -2.11. The standard InChI is InChI=1S/C29H28N4O6/c34-26(30-32-28(36)18-38-24-14-5-10-20-8-1-3-12-22(20)24)16-7-17-27(35)31-33-29(37)19-39-25-15-6-11-21-9-2-4-13-23(21)25/h1-6,8-15H,7,16-19H2,(H,30,34)(H,31,35)(H,32,36)(H,33,37). The summed E-state index contributed by atoms with van der Waals surface area (Å²) in [6, 6.07) is 26.3. The van der Waals surface area contributed by atoms with E-state index in [1.165, 1.54) is 0 Å². The quantitative estimate of drug-likeness (QED) is 0.234. The molecule has 0 saturated carbocycles. The number of carbonyl (C=O) groups excluding carboxylic acids is 4. The molecule has 0 aliphatic heterocycles. The molecule has 10 heteroatoms. The van der Waals surface area contributed by atoms with E-state index in [0.29, 0.717) is 11.5 Å². The maximum Gasteiger partial charge on any atom is 0.276 e. The molecule has 4 aromatic carbocycles. The molecule has 0 radical (unpaired) electrons. The number of rotatable bonds is 10. The first-order valence-corrected chi connectivity index (χ1v) is 12.4. The summed E-state index contributed by atoms with van der Waals surface area (Å²) in [6.45, 7) is -0.554. The van der Waals surface area contributed by atoms with Gasteiger partial charge in [-0.25, -0.2) is 0 Å². The fourth-order valence-corrected chi connectivity index (χ4v) is 3.82. The summed E-state index contributed by atoms with van der Waals surface area (Å²) in [5.41, 5.74) is 9.14. The van der Waals surface area contributed by atoms with Gasteiger partial charge in [-0.15, -0.1) is 0 Å². The number of fused-ring (bicyclic) bond motifs is 2. The lowest BCUT2D eigenvalue weighted by atomic mass is 10.1. The van der Waals surface area contributed by atoms with Crippen LogP contribution in [-0.2, 0) is 19.2 Å². The molecule has 200 valence electrons. The average Bonchev–Trinajstić information content (AvgIpc) is 2.96. The number of carbonyl (C=O) groups is 4. The topological polar surface area (TPSA) is 135 Å². The summed E-state index contributed by atoms with van der Waals surface area (Å²) in [7, 11) is 0. The zero-order valence-corrected chi connectivity index (χ0v) is 21.1. The molecule has 4 rings (SSSR count). The Morgan fingerprint density at radius 2 is 0.872 bits per heavy atom. The van der Waals surface area contributed by atoms with Crippen molar-refractivity contribution in [3.05, 3.63) is 84.9 Å². The number of nitrogens with one attached hydrogen (secondary N) is 4. The van der Waals surface area contributed by atoms with Gasteiger partial charge in [0.1, 0.15) is 11.5 Å². The van der Waals surface area contributed by atoms with Crippen molar-refractivity contribution < 1.29 is 28.7 Å². The second-order valence-electron chi connectivity index (χ2n) is 8.58. The van der Waals surface area contributed by atoms with Gasteiger partial charge in [-0.3, -0.25) is 40.9 Å². The molecule has 0 bridgehead atoms. The van der Waals surface area contributed by atoms with Crippen molar-refractivity contribution in [2.75, 3.05) is 13.2 Å². The monoisotopic (exact) mass is 528 g/mol. The highest BCUT2D eigenvalue weighted by atomic mass is 16.5. The van der Waals surface area contributed by atoms with Crippen LogP contribution in [0.5, 0.6) is 11.5 Å². The van der Waals surface area contributed by atoms with Gasteiger partial charge in [-0.2, -0.15) is 0 Å². The van der Waals surface area contributed by atoms with E-state index >= 15 is 0 Å². The Bertz CT molecular complexity index is 1370. The van der Waals surface area contributed by atoms with Crippen LogP contribution in [0.15, 0.2) is 84.9 Å². The molecule has 0 atom stereocenters. The molecule has 0 fully saturated rings. The minimum Gasteiger partial charge on any atom is -0.483 e. The Kier molecular flexibility index (Phi) is 9.27. The third kappa shape index (κ3) is 7.93. The van der Waals surface area contributed by atoms with Gasteiger partial charge < -0.3 is 9.47 Å². The van der Waals surface area contributed by atoms with Crippen LogP contribution < -0.4 is 31.2 Å². The summed E-state index contributed by atoms with van der Waals surface area (Å²) < 4.78 is 11.1. The molecular weight excluding hydrogens is 500 g/mol. The summed E-state index contributed by atoms with van der Waals surface area (Å²) >= 11 is 0. The summed E-state index contributed by atoms with van der Waals surface area (Å²) in [6.07, 6.45) is 0.203. The van der Waals surface area contributed by atoms with Crippen LogP contribution in [-0.4, -0.2) is 36.8 Å². The van der Waals surface area contributed by atoms with Crippen LogP contribution in [0.1, 0.15) is 19.3 Å². The molecule has 10 nitrogen and oxygen atoms in total. The molecule has 4 aromatic rings. The molecule has 0 spiro atoms. The third-order valence-corrected chi connectivity index (χ3v) is 5.71. The zero-order chi connectivity index (χ0) is 27.5. The van der Waals surface area contributed by atoms with E-state index in [2.05, 4.69) is 21.7 Å². The Hall–Kier alpha value is -5.12. The molecule has 0 unspecified atom stereocenters. The number of hydrazine groups is 2. The van der Waals surface area contributed by atoms with Crippen molar-refractivity contribution in [2.24, 2.45) is 0 Å². The van der Waals surface area contributed by atoms with Crippen molar-refractivity contribution in [1.82, 2.24) is 21.7 Å². The van der Waals surface area contributed by atoms with Crippen LogP contribution in [0.3, 0.4) is 0 Å². The summed E-state index contributed by atoms with van der Waals surface area (Å²) in [4.78, 5) is 48.0. The number of ether oxygens (including phenoxy) is 2. The summed E-state index contributed by atoms with van der Waals surface area (Å²) in [5.74, 6) is -0.854. The first kappa shape index (κ1) is 26.9. The number of amides is 4. The summed E-state index contributed by atoms with van der Waals surface area (Å²) in [5, 5.41) is 3.73. The minimum atomic E-state index is -0.526. The van der Waals surface area contributed by atoms with Crippen molar-refractivity contribution in [3.8, 4) is 11.5 Å². The second kappa shape index (κ2) is 13.4. The van der Waals surface area contributed by atoms with Gasteiger partial charge in [0.2, 0.25) is 11.8 Å². The van der Waals surface area contributed by atoms with Crippen LogP contribution in [0.2, 0.25) is 0 Å². The highest BCUT2D eigenvalue weighted by Gasteiger charge is 2.10. The molecule has 0 saturated heterocycles. The smallest absolute Gasteiger partial charge is 0.276 e. The molecule has 39 heavy (non-hydrogen) atoms. The van der Waals surface area contributed by atoms with Crippen molar-refractivity contribution >= 4 is 45.2 Å². The Labute approximate surface area is 224 Å². The fourth-order valence-electron chi connectivity index (χ4n) is 3.82. The van der Waals surface area contributed by atoms with Gasteiger partial charge in [0.05, 0.1) is 0 Å². The Morgan fingerprint density at radius 3 is 1.33 bits per heavy atom. The van der Waals surface area contributed by atoms with E-state index in [0.717, 1.165) is 21.5 Å². The van der Waals surface area contributed by atoms with Gasteiger partial charge in [0, 0.05) is 23.6 Å². The Morgan fingerprint density at radius 1 is 0.487 bits per heavy atom. The predicted octanol–water partition coefficient (Wildman–Crippen LogP) is 2.92. The lowest BCUT2D eigenvalue weighted by molar-refractivity contribution is -0.131. The molecule has 0 aromatic heterocycles. The molecule has 0 aliphatic carbocycles. The molecule has 0 heterocycles. The Balaban J connectivity index is 1.07. The van der Waals surface area contributed by atoms with Gasteiger partial charge in [-0.05, 0) is 29.3 Å². The molecule has 4 amide bonds. The number of hydrogen-bond donors (Lipinski definition) is 4. The largest absolute Gasteiger partial charge is 0.483 e. The minimum absolute atomic E-state index is 0.00395. The third-order valence-electron chi connectivity index (χ3n) is 5.71. The van der Waals surface area contributed by atoms with E-state index in [1.807, 2.05) is 72.8 Å². The first-order valence-electron chi connectivity index (χ1n) is 12.4. The predicted molar refractivity (Wildman–Crippen MR) is 145 cm³/mol. The molecule has 0 aliphatic rings. The number of benzene rings is 4. The second-order valence-corrected chi connectivity index (χ2v) is 8.58. The maximum atomic E-state index is 12.0. The fraction of sp³-hybridized carbons (Fsp3) is 0.172. The SMILES string of the molecule is O=C(CCCC(=O)NNC(=O)COc1cccc2ccccc12)NNC(=O)COc1cccc2ccccc12. The van der Waals surface area contributed by atoms with E-state index < -0.39 is 23.6 Å². The van der Waals surface area contributed by atoms with Crippen LogP contribution in [0, 0.1) is 0 Å².